The maximum atomic E-state index is 14.5. The Morgan fingerprint density at radius 2 is 1.78 bits per heavy atom. The Hall–Kier alpha value is -4.84. The molecule has 2 saturated heterocycles. The van der Waals surface area contributed by atoms with Gasteiger partial charge in [0.1, 0.15) is 35.3 Å². The monoisotopic (exact) mass is 605 g/mol. The fraction of sp³-hybridized carbons (Fsp3) is 0.382. The third kappa shape index (κ3) is 6.37. The second-order valence-corrected chi connectivity index (χ2v) is 12.1. The summed E-state index contributed by atoms with van der Waals surface area (Å²) in [6.45, 7) is 8.07. The van der Waals surface area contributed by atoms with Gasteiger partial charge in [-0.25, -0.2) is 19.3 Å². The van der Waals surface area contributed by atoms with Crippen LogP contribution in [0.1, 0.15) is 49.7 Å². The molecule has 0 spiro atoms. The average Bonchev–Trinajstić information content (AvgIpc) is 3.51. The van der Waals surface area contributed by atoms with Crippen molar-refractivity contribution in [2.45, 2.75) is 38.4 Å². The van der Waals surface area contributed by atoms with Crippen LogP contribution in [0, 0.1) is 23.2 Å². The van der Waals surface area contributed by atoms with Crippen molar-refractivity contribution in [2.24, 2.45) is 0 Å². The van der Waals surface area contributed by atoms with Crippen molar-refractivity contribution in [3.05, 3.63) is 82.2 Å². The van der Waals surface area contributed by atoms with Crippen molar-refractivity contribution in [3.63, 3.8) is 0 Å². The lowest BCUT2D eigenvalue weighted by Gasteiger charge is -2.35. The lowest BCUT2D eigenvalue weighted by molar-refractivity contribution is 0.0810. The number of nitrogens with two attached hydrogens (primary N) is 1. The molecule has 2 N–H and O–H groups in total. The van der Waals surface area contributed by atoms with Crippen molar-refractivity contribution in [3.8, 4) is 23.6 Å². The summed E-state index contributed by atoms with van der Waals surface area (Å²) in [6, 6.07) is 16.9. The number of anilines is 2. The van der Waals surface area contributed by atoms with Gasteiger partial charge in [0, 0.05) is 44.8 Å². The first-order chi connectivity index (χ1) is 21.7. The van der Waals surface area contributed by atoms with E-state index in [-0.39, 0.29) is 23.0 Å². The predicted octanol–water partition coefficient (Wildman–Crippen LogP) is 3.69. The summed E-state index contributed by atoms with van der Waals surface area (Å²) in [7, 11) is 0. The Bertz CT molecular complexity index is 1860. The quantitative estimate of drug-likeness (QED) is 0.328. The molecule has 2 aliphatic heterocycles. The Kier molecular flexibility index (Phi) is 8.48. The molecule has 4 aromatic rings. The molecule has 2 aliphatic rings. The van der Waals surface area contributed by atoms with E-state index in [1.54, 1.807) is 18.4 Å². The maximum absolute atomic E-state index is 14.5. The van der Waals surface area contributed by atoms with Gasteiger partial charge in [0.2, 0.25) is 0 Å². The summed E-state index contributed by atoms with van der Waals surface area (Å²) < 4.78 is 15.7. The summed E-state index contributed by atoms with van der Waals surface area (Å²) >= 11 is 0. The third-order valence-electron chi connectivity index (χ3n) is 8.32. The molecule has 0 radical (unpaired) electrons. The minimum Gasteiger partial charge on any atom is -0.382 e. The molecule has 45 heavy (non-hydrogen) atoms. The molecule has 2 fully saturated rings. The Morgan fingerprint density at radius 3 is 2.51 bits per heavy atom. The first-order valence-electron chi connectivity index (χ1n) is 15.2. The van der Waals surface area contributed by atoms with E-state index >= 15 is 0 Å². The fourth-order valence-corrected chi connectivity index (χ4v) is 6.29. The Morgan fingerprint density at radius 1 is 1.02 bits per heavy atom. The van der Waals surface area contributed by atoms with Gasteiger partial charge in [0.25, 0.3) is 5.56 Å². The first kappa shape index (κ1) is 30.2. The maximum Gasteiger partial charge on any atom is 0.267 e. The highest BCUT2D eigenvalue weighted by Crippen LogP contribution is 2.37. The zero-order chi connectivity index (χ0) is 31.6. The average molecular weight is 606 g/mol. The molecule has 10 nitrogen and oxygen atoms in total. The highest BCUT2D eigenvalue weighted by atomic mass is 19.1. The van der Waals surface area contributed by atoms with Gasteiger partial charge in [0.15, 0.2) is 5.82 Å². The molecule has 0 unspecified atom stereocenters. The lowest BCUT2D eigenvalue weighted by Crippen LogP contribution is -2.49. The van der Waals surface area contributed by atoms with E-state index < -0.39 is 5.67 Å². The molecule has 1 atom stereocenters. The number of hydrogen-bond donors (Lipinski definition) is 1. The van der Waals surface area contributed by atoms with E-state index in [0.29, 0.717) is 53.4 Å². The van der Waals surface area contributed by atoms with Gasteiger partial charge >= 0.3 is 0 Å². The summed E-state index contributed by atoms with van der Waals surface area (Å²) in [5.74, 6) is 7.65. The molecule has 0 bridgehead atoms. The van der Waals surface area contributed by atoms with Crippen molar-refractivity contribution in [2.75, 3.05) is 56.4 Å². The molecular weight excluding hydrogens is 569 g/mol. The van der Waals surface area contributed by atoms with Crippen LogP contribution >= 0.6 is 0 Å². The lowest BCUT2D eigenvalue weighted by atomic mass is 10.1. The summed E-state index contributed by atoms with van der Waals surface area (Å²) in [5.41, 5.74) is 6.70. The smallest absolute Gasteiger partial charge is 0.267 e. The minimum atomic E-state index is -1.21. The molecular formula is C34H36FN9O. The van der Waals surface area contributed by atoms with Crippen LogP contribution in [0.5, 0.6) is 0 Å². The first-order valence-corrected chi connectivity index (χ1v) is 15.2. The van der Waals surface area contributed by atoms with Crippen molar-refractivity contribution in [1.29, 1.82) is 5.26 Å². The zero-order valence-electron chi connectivity index (χ0n) is 25.6. The van der Waals surface area contributed by atoms with Crippen LogP contribution in [0.3, 0.4) is 0 Å². The van der Waals surface area contributed by atoms with Gasteiger partial charge in [-0.3, -0.25) is 19.2 Å². The van der Waals surface area contributed by atoms with Crippen LogP contribution in [0.15, 0.2) is 59.7 Å². The van der Waals surface area contributed by atoms with Crippen LogP contribution in [0.25, 0.3) is 16.6 Å². The standard InChI is InChI=1S/C34H36FN9O/c1-34(2,35)22-42-19-17-41(18-20-42)15-7-10-24-9-6-13-27-29(24)33(45)44(25-11-4-3-5-12-25)32(40-27)28-14-8-16-43(28)31-26(21-36)30(37)38-23-39-31/h3-6,9,11-13,23,28H,8,14-20,22H2,1-2H3,(H2,37,38,39)/t28-/m0/s1. The normalized spacial score (nSPS) is 17.6. The highest BCUT2D eigenvalue weighted by Gasteiger charge is 2.34. The van der Waals surface area contributed by atoms with Crippen LogP contribution in [-0.2, 0) is 0 Å². The minimum absolute atomic E-state index is 0.119. The zero-order valence-corrected chi connectivity index (χ0v) is 25.6. The number of benzene rings is 2. The molecule has 4 heterocycles. The van der Waals surface area contributed by atoms with E-state index in [4.69, 9.17) is 10.7 Å². The number of piperazine rings is 1. The number of nitriles is 1. The summed E-state index contributed by atoms with van der Waals surface area (Å²) in [5, 5.41) is 10.3. The molecule has 2 aromatic carbocycles. The number of aromatic nitrogens is 4. The Labute approximate surface area is 261 Å². The second kappa shape index (κ2) is 12.6. The van der Waals surface area contributed by atoms with Crippen molar-refractivity contribution >= 4 is 22.5 Å². The van der Waals surface area contributed by atoms with Crippen molar-refractivity contribution in [1.82, 2.24) is 29.3 Å². The molecule has 2 aromatic heterocycles. The molecule has 11 heteroatoms. The number of fused-ring (bicyclic) bond motifs is 1. The molecule has 0 saturated carbocycles. The van der Waals surface area contributed by atoms with E-state index in [2.05, 4.69) is 37.7 Å². The van der Waals surface area contributed by atoms with E-state index in [0.717, 1.165) is 39.0 Å². The predicted molar refractivity (Wildman–Crippen MR) is 173 cm³/mol. The van der Waals surface area contributed by atoms with Crippen LogP contribution < -0.4 is 16.2 Å². The Balaban J connectivity index is 1.37. The number of para-hydroxylation sites is 1. The molecule has 0 amide bonds. The molecule has 0 aliphatic carbocycles. The van der Waals surface area contributed by atoms with Crippen LogP contribution in [-0.4, -0.2) is 80.8 Å². The van der Waals surface area contributed by atoms with E-state index in [1.807, 2.05) is 53.4 Å². The van der Waals surface area contributed by atoms with Gasteiger partial charge in [0.05, 0.1) is 29.2 Å². The molecule has 6 rings (SSSR count). The van der Waals surface area contributed by atoms with Gasteiger partial charge in [-0.2, -0.15) is 5.26 Å². The summed E-state index contributed by atoms with van der Waals surface area (Å²) in [6.07, 6.45) is 2.90. The number of nitrogens with zero attached hydrogens (tertiary/aromatic N) is 8. The number of alkyl halides is 1. The number of rotatable bonds is 6. The largest absolute Gasteiger partial charge is 0.382 e. The van der Waals surface area contributed by atoms with E-state index in [9.17, 15) is 14.4 Å². The van der Waals surface area contributed by atoms with Gasteiger partial charge in [-0.1, -0.05) is 36.1 Å². The van der Waals surface area contributed by atoms with Crippen LogP contribution in [0.4, 0.5) is 16.0 Å². The van der Waals surface area contributed by atoms with Gasteiger partial charge in [-0.15, -0.1) is 0 Å². The SMILES string of the molecule is CC(C)(F)CN1CCN(CC#Cc2cccc3nc([C@@H]4CCCN4c4ncnc(N)c4C#N)n(-c4ccccc4)c(=O)c23)CC1. The summed E-state index contributed by atoms with van der Waals surface area (Å²) in [4.78, 5) is 34.4. The van der Waals surface area contributed by atoms with Gasteiger partial charge in [-0.05, 0) is 51.0 Å². The van der Waals surface area contributed by atoms with Gasteiger partial charge < -0.3 is 10.6 Å². The number of hydrogen-bond acceptors (Lipinski definition) is 9. The number of nitrogen functional groups attached to an aromatic ring is 1. The topological polar surface area (TPSA) is 120 Å². The highest BCUT2D eigenvalue weighted by molar-refractivity contribution is 5.85. The van der Waals surface area contributed by atoms with E-state index in [1.165, 1.54) is 6.33 Å². The van der Waals surface area contributed by atoms with Crippen molar-refractivity contribution < 1.29 is 4.39 Å². The fourth-order valence-electron chi connectivity index (χ4n) is 6.29. The molecule has 230 valence electrons. The number of halogens is 1. The third-order valence-corrected chi connectivity index (χ3v) is 8.32. The second-order valence-electron chi connectivity index (χ2n) is 12.1. The van der Waals surface area contributed by atoms with Crippen LogP contribution in [0.2, 0.25) is 0 Å².